The highest BCUT2D eigenvalue weighted by Gasteiger charge is 2.19. The van der Waals surface area contributed by atoms with Crippen LogP contribution in [0.2, 0.25) is 0 Å². The van der Waals surface area contributed by atoms with Gasteiger partial charge in [0, 0.05) is 19.3 Å². The van der Waals surface area contributed by atoms with Crippen LogP contribution < -0.4 is 0 Å². The van der Waals surface area contributed by atoms with Gasteiger partial charge < -0.3 is 14.2 Å². The summed E-state index contributed by atoms with van der Waals surface area (Å²) in [6, 6.07) is 0. The monoisotopic (exact) mass is 1040 g/mol. The van der Waals surface area contributed by atoms with E-state index in [0.717, 1.165) is 122 Å². The SMILES string of the molecule is CC/C=C\C/C=C\C/C=C\C/C=C\CCCCCCC(=O)OC(COC(=O)CCCC/C=C\C/C=C\C/C=C\C/C=C\CC)COC(=O)CCCCCCCCCCCCCCCCCCCCCCCCCCC. The van der Waals surface area contributed by atoms with E-state index in [2.05, 4.69) is 118 Å². The maximum atomic E-state index is 12.9. The van der Waals surface area contributed by atoms with Crippen molar-refractivity contribution in [1.29, 1.82) is 0 Å². The average Bonchev–Trinajstić information content (AvgIpc) is 3.41. The lowest BCUT2D eigenvalue weighted by atomic mass is 10.0. The molecule has 1 unspecified atom stereocenters. The molecule has 0 spiro atoms. The first-order chi connectivity index (χ1) is 37.0. The molecule has 0 fully saturated rings. The Labute approximate surface area is 464 Å². The lowest BCUT2D eigenvalue weighted by molar-refractivity contribution is -0.167. The van der Waals surface area contributed by atoms with Gasteiger partial charge in [-0.25, -0.2) is 0 Å². The Morgan fingerprint density at radius 1 is 0.280 bits per heavy atom. The van der Waals surface area contributed by atoms with Crippen LogP contribution in [0.1, 0.15) is 303 Å². The van der Waals surface area contributed by atoms with Crippen molar-refractivity contribution in [3.63, 3.8) is 0 Å². The topological polar surface area (TPSA) is 78.9 Å². The van der Waals surface area contributed by atoms with Crippen LogP contribution in [0.4, 0.5) is 0 Å². The normalized spacial score (nSPS) is 12.7. The zero-order valence-electron chi connectivity index (χ0n) is 49.3. The Hall–Kier alpha value is -3.67. The summed E-state index contributed by atoms with van der Waals surface area (Å²) in [7, 11) is 0. The molecule has 0 N–H and O–H groups in total. The van der Waals surface area contributed by atoms with Gasteiger partial charge >= 0.3 is 17.9 Å². The number of hydrogen-bond acceptors (Lipinski definition) is 6. The van der Waals surface area contributed by atoms with Crippen LogP contribution >= 0.6 is 0 Å². The van der Waals surface area contributed by atoms with E-state index in [1.165, 1.54) is 141 Å². The molecule has 0 aromatic carbocycles. The number of esters is 3. The molecule has 0 saturated heterocycles. The average molecular weight is 1040 g/mol. The molecule has 0 aromatic rings. The van der Waals surface area contributed by atoms with Gasteiger partial charge in [-0.05, 0) is 96.3 Å². The molecule has 0 aromatic heterocycles. The maximum absolute atomic E-state index is 12.9. The second kappa shape index (κ2) is 62.9. The first kappa shape index (κ1) is 71.3. The molecule has 0 aliphatic heterocycles. The summed E-state index contributed by atoms with van der Waals surface area (Å²) < 4.78 is 16.9. The van der Waals surface area contributed by atoms with Gasteiger partial charge in [0.05, 0.1) is 0 Å². The summed E-state index contributed by atoms with van der Waals surface area (Å²) in [4.78, 5) is 38.3. The van der Waals surface area contributed by atoms with Gasteiger partial charge in [0.15, 0.2) is 6.10 Å². The van der Waals surface area contributed by atoms with E-state index in [4.69, 9.17) is 14.2 Å². The Kier molecular flexibility index (Phi) is 59.8. The summed E-state index contributed by atoms with van der Waals surface area (Å²) in [5.74, 6) is -0.957. The summed E-state index contributed by atoms with van der Waals surface area (Å²) in [5.41, 5.74) is 0. The molecule has 0 rings (SSSR count). The number of carbonyl (C=O) groups excluding carboxylic acids is 3. The van der Waals surface area contributed by atoms with Crippen molar-refractivity contribution in [3.8, 4) is 0 Å². The van der Waals surface area contributed by atoms with E-state index in [-0.39, 0.29) is 31.1 Å². The molecule has 0 amide bonds. The minimum Gasteiger partial charge on any atom is -0.462 e. The Morgan fingerprint density at radius 2 is 0.520 bits per heavy atom. The van der Waals surface area contributed by atoms with Crippen LogP contribution in [0.15, 0.2) is 97.2 Å². The predicted octanol–water partition coefficient (Wildman–Crippen LogP) is 21.7. The third kappa shape index (κ3) is 61.1. The van der Waals surface area contributed by atoms with Crippen LogP contribution in [0.3, 0.4) is 0 Å². The molecule has 1 atom stereocenters. The molecule has 0 radical (unpaired) electrons. The van der Waals surface area contributed by atoms with E-state index in [1.54, 1.807) is 0 Å². The predicted molar refractivity (Wildman–Crippen MR) is 325 cm³/mol. The minimum absolute atomic E-state index is 0.0992. The van der Waals surface area contributed by atoms with E-state index in [0.29, 0.717) is 19.3 Å². The number of carbonyl (C=O) groups is 3. The first-order valence-electron chi connectivity index (χ1n) is 31.7. The standard InChI is InChI=1S/C69H118O6/c1-4-7-10-13-16-19-22-25-28-30-31-32-33-34-35-36-37-39-41-44-47-50-53-56-59-62-68(71)74-65-66(64-73-67(70)61-58-55-52-49-46-43-40-27-24-21-18-15-12-9-6-3)75-69(72)63-60-57-54-51-48-45-42-38-29-26-23-20-17-14-11-8-5-2/h8-9,11-12,17-18,20-21,26-27,29,40,42,45-46,49,66H,4-7,10,13-16,19,22-25,28,30-39,41,43-44,47-48,50-65H2,1-3H3/b11-8-,12-9-,20-17-,21-18-,29-26-,40-27-,45-42-,49-46-. The van der Waals surface area contributed by atoms with E-state index in [9.17, 15) is 14.4 Å². The number of allylic oxidation sites excluding steroid dienone is 16. The number of hydrogen-bond donors (Lipinski definition) is 0. The molecular weight excluding hydrogens is 925 g/mol. The molecule has 0 aliphatic rings. The summed E-state index contributed by atoms with van der Waals surface area (Å²) in [5, 5.41) is 0. The van der Waals surface area contributed by atoms with Crippen LogP contribution in [0, 0.1) is 0 Å². The molecule has 0 aliphatic carbocycles. The van der Waals surface area contributed by atoms with Crippen molar-refractivity contribution < 1.29 is 28.6 Å². The van der Waals surface area contributed by atoms with Gasteiger partial charge in [-0.3, -0.25) is 14.4 Å². The third-order valence-corrected chi connectivity index (χ3v) is 13.6. The molecule has 0 bridgehead atoms. The fraction of sp³-hybridized carbons (Fsp3) is 0.725. The van der Waals surface area contributed by atoms with Crippen LogP contribution in [0.5, 0.6) is 0 Å². The number of unbranched alkanes of at least 4 members (excludes halogenated alkanes) is 30. The summed E-state index contributed by atoms with van der Waals surface area (Å²) >= 11 is 0. The Balaban J connectivity index is 4.35. The highest BCUT2D eigenvalue weighted by Crippen LogP contribution is 2.17. The molecule has 75 heavy (non-hydrogen) atoms. The van der Waals surface area contributed by atoms with Crippen molar-refractivity contribution in [2.45, 2.75) is 309 Å². The van der Waals surface area contributed by atoms with Crippen molar-refractivity contribution in [2.75, 3.05) is 13.2 Å². The lowest BCUT2D eigenvalue weighted by Crippen LogP contribution is -2.30. The second-order valence-corrected chi connectivity index (χ2v) is 20.9. The Morgan fingerprint density at radius 3 is 0.840 bits per heavy atom. The van der Waals surface area contributed by atoms with Gasteiger partial charge in [0.25, 0.3) is 0 Å². The van der Waals surface area contributed by atoms with Crippen molar-refractivity contribution >= 4 is 17.9 Å². The molecule has 430 valence electrons. The van der Waals surface area contributed by atoms with Gasteiger partial charge in [0.1, 0.15) is 13.2 Å². The molecule has 6 nitrogen and oxygen atoms in total. The van der Waals surface area contributed by atoms with Gasteiger partial charge in [-0.15, -0.1) is 0 Å². The van der Waals surface area contributed by atoms with E-state index >= 15 is 0 Å². The summed E-state index contributed by atoms with van der Waals surface area (Å²) in [6.45, 7) is 6.39. The highest BCUT2D eigenvalue weighted by atomic mass is 16.6. The van der Waals surface area contributed by atoms with Crippen LogP contribution in [-0.4, -0.2) is 37.2 Å². The third-order valence-electron chi connectivity index (χ3n) is 13.6. The number of rotatable bonds is 57. The first-order valence-corrected chi connectivity index (χ1v) is 31.7. The fourth-order valence-electron chi connectivity index (χ4n) is 8.90. The molecule has 6 heteroatoms. The largest absolute Gasteiger partial charge is 0.462 e. The zero-order valence-corrected chi connectivity index (χ0v) is 49.3. The quantitative estimate of drug-likeness (QED) is 0.0261. The van der Waals surface area contributed by atoms with E-state index < -0.39 is 6.10 Å². The summed E-state index contributed by atoms with van der Waals surface area (Å²) in [6.07, 6.45) is 84.3. The van der Waals surface area contributed by atoms with E-state index in [1.807, 2.05) is 0 Å². The van der Waals surface area contributed by atoms with Gasteiger partial charge in [0.2, 0.25) is 0 Å². The molecular formula is C69H118O6. The Bertz CT molecular complexity index is 1480. The van der Waals surface area contributed by atoms with Gasteiger partial charge in [-0.1, -0.05) is 285 Å². The van der Waals surface area contributed by atoms with Crippen molar-refractivity contribution in [2.24, 2.45) is 0 Å². The second-order valence-electron chi connectivity index (χ2n) is 20.9. The van der Waals surface area contributed by atoms with Crippen LogP contribution in [0.25, 0.3) is 0 Å². The number of ether oxygens (including phenoxy) is 3. The minimum atomic E-state index is -0.808. The van der Waals surface area contributed by atoms with Crippen LogP contribution in [-0.2, 0) is 28.6 Å². The van der Waals surface area contributed by atoms with Crippen molar-refractivity contribution in [1.82, 2.24) is 0 Å². The highest BCUT2D eigenvalue weighted by molar-refractivity contribution is 5.71. The smallest absolute Gasteiger partial charge is 0.306 e. The fourth-order valence-corrected chi connectivity index (χ4v) is 8.90. The molecule has 0 heterocycles. The maximum Gasteiger partial charge on any atom is 0.306 e. The molecule has 0 saturated carbocycles. The zero-order chi connectivity index (χ0) is 54.3. The van der Waals surface area contributed by atoms with Gasteiger partial charge in [-0.2, -0.15) is 0 Å². The van der Waals surface area contributed by atoms with Crippen molar-refractivity contribution in [3.05, 3.63) is 97.2 Å². The lowest BCUT2D eigenvalue weighted by Gasteiger charge is -2.18.